The molecule has 0 saturated heterocycles. The second-order valence-corrected chi connectivity index (χ2v) is 7.21. The first-order chi connectivity index (χ1) is 9.90. The summed E-state index contributed by atoms with van der Waals surface area (Å²) in [7, 11) is 1.74. The molecule has 5 heteroatoms. The first-order valence-electron chi connectivity index (χ1n) is 7.41. The molecule has 2 rings (SSSR count). The van der Waals surface area contributed by atoms with E-state index in [2.05, 4.69) is 12.2 Å². The smallest absolute Gasteiger partial charge is 0.316 e. The molecule has 1 aromatic carbocycles. The monoisotopic (exact) mass is 317 g/mol. The lowest BCUT2D eigenvalue weighted by molar-refractivity contribution is -0.139. The number of hydrogen-bond acceptors (Lipinski definition) is 2. The number of thioether (sulfide) groups is 1. The van der Waals surface area contributed by atoms with Gasteiger partial charge in [-0.2, -0.15) is 13.2 Å². The second-order valence-electron chi connectivity index (χ2n) is 5.87. The highest BCUT2D eigenvalue weighted by atomic mass is 32.2. The molecular weight excluding hydrogens is 295 g/mol. The fraction of sp³-hybridized carbons (Fsp3) is 0.625. The third-order valence-corrected chi connectivity index (χ3v) is 5.28. The van der Waals surface area contributed by atoms with Crippen molar-refractivity contribution in [3.05, 3.63) is 29.3 Å². The molecule has 1 saturated carbocycles. The highest BCUT2D eigenvalue weighted by Gasteiger charge is 2.34. The Bertz CT molecular complexity index is 473. The maximum atomic E-state index is 13.3. The van der Waals surface area contributed by atoms with E-state index in [0.29, 0.717) is 28.2 Å². The summed E-state index contributed by atoms with van der Waals surface area (Å²) >= 11 is 1.41. The molecule has 1 N–H and O–H groups in total. The summed E-state index contributed by atoms with van der Waals surface area (Å²) in [6.45, 7) is 2.64. The van der Waals surface area contributed by atoms with E-state index in [1.807, 2.05) is 0 Å². The van der Waals surface area contributed by atoms with E-state index in [-0.39, 0.29) is 0 Å². The Labute approximate surface area is 128 Å². The molecule has 2 atom stereocenters. The van der Waals surface area contributed by atoms with Crippen LogP contribution in [0.1, 0.15) is 43.7 Å². The van der Waals surface area contributed by atoms with E-state index < -0.39 is 11.7 Å². The Balaban J connectivity index is 2.21. The Morgan fingerprint density at radius 3 is 2.67 bits per heavy atom. The van der Waals surface area contributed by atoms with Gasteiger partial charge in [-0.3, -0.25) is 0 Å². The lowest BCUT2D eigenvalue weighted by Crippen LogP contribution is -2.16. The van der Waals surface area contributed by atoms with Gasteiger partial charge in [0.1, 0.15) is 0 Å². The molecule has 0 bridgehead atoms. The van der Waals surface area contributed by atoms with Crippen LogP contribution in [0.5, 0.6) is 0 Å². The summed E-state index contributed by atoms with van der Waals surface area (Å²) in [5, 5.41) is 3.21. The maximum absolute atomic E-state index is 13.3. The largest absolute Gasteiger partial charge is 0.417 e. The molecule has 0 heterocycles. The Hall–Kier alpha value is -0.680. The van der Waals surface area contributed by atoms with E-state index in [0.717, 1.165) is 19.3 Å². The minimum absolute atomic E-state index is 0.310. The summed E-state index contributed by atoms with van der Waals surface area (Å²) in [4.78, 5) is 0.376. The molecule has 1 fully saturated rings. The molecule has 21 heavy (non-hydrogen) atoms. The zero-order chi connectivity index (χ0) is 15.5. The summed E-state index contributed by atoms with van der Waals surface area (Å²) < 4.78 is 39.8. The van der Waals surface area contributed by atoms with Gasteiger partial charge in [0, 0.05) is 16.7 Å². The molecule has 0 spiro atoms. The lowest BCUT2D eigenvalue weighted by Gasteiger charge is -2.27. The van der Waals surface area contributed by atoms with Crippen LogP contribution in [0.4, 0.5) is 13.2 Å². The van der Waals surface area contributed by atoms with Gasteiger partial charge >= 0.3 is 6.18 Å². The molecular formula is C16H22F3NS. The normalized spacial score (nSPS) is 23.3. The van der Waals surface area contributed by atoms with Gasteiger partial charge in [0.05, 0.1) is 5.56 Å². The van der Waals surface area contributed by atoms with Crippen LogP contribution in [-0.4, -0.2) is 12.3 Å². The Kier molecular flexibility index (Phi) is 5.60. The van der Waals surface area contributed by atoms with E-state index >= 15 is 0 Å². The van der Waals surface area contributed by atoms with Gasteiger partial charge in [0.25, 0.3) is 0 Å². The quantitative estimate of drug-likeness (QED) is 0.829. The van der Waals surface area contributed by atoms with Crippen LogP contribution in [0, 0.1) is 5.92 Å². The molecule has 1 aromatic rings. The highest BCUT2D eigenvalue weighted by Crippen LogP contribution is 2.42. The minimum Gasteiger partial charge on any atom is -0.316 e. The van der Waals surface area contributed by atoms with E-state index in [9.17, 15) is 13.2 Å². The second kappa shape index (κ2) is 7.05. The highest BCUT2D eigenvalue weighted by molar-refractivity contribution is 8.00. The number of nitrogens with one attached hydrogen (secondary N) is 1. The molecule has 1 aliphatic carbocycles. The Morgan fingerprint density at radius 1 is 1.29 bits per heavy atom. The van der Waals surface area contributed by atoms with Crippen molar-refractivity contribution in [3.63, 3.8) is 0 Å². The van der Waals surface area contributed by atoms with Crippen molar-refractivity contribution in [3.8, 4) is 0 Å². The molecule has 1 nitrogen and oxygen atoms in total. The predicted molar refractivity (Wildman–Crippen MR) is 81.5 cm³/mol. The van der Waals surface area contributed by atoms with Crippen LogP contribution in [0.15, 0.2) is 23.1 Å². The SMILES string of the molecule is CNCc1ccc(SC2CCCC(C)C2)c(C(F)(F)F)c1. The zero-order valence-electron chi connectivity index (χ0n) is 12.5. The Morgan fingerprint density at radius 2 is 2.05 bits per heavy atom. The van der Waals surface area contributed by atoms with E-state index in [1.165, 1.54) is 24.2 Å². The summed E-state index contributed by atoms with van der Waals surface area (Å²) in [5.41, 5.74) is 0.185. The van der Waals surface area contributed by atoms with Crippen molar-refractivity contribution in [1.82, 2.24) is 5.32 Å². The van der Waals surface area contributed by atoms with Crippen LogP contribution < -0.4 is 5.32 Å². The van der Waals surface area contributed by atoms with Gasteiger partial charge in [0.15, 0.2) is 0 Å². The zero-order valence-corrected chi connectivity index (χ0v) is 13.3. The van der Waals surface area contributed by atoms with Crippen LogP contribution in [0.3, 0.4) is 0 Å². The molecule has 2 unspecified atom stereocenters. The van der Waals surface area contributed by atoms with Crippen molar-refractivity contribution >= 4 is 11.8 Å². The number of benzene rings is 1. The predicted octanol–water partition coefficient (Wildman–Crippen LogP) is 5.10. The third kappa shape index (κ3) is 4.65. The van der Waals surface area contributed by atoms with Crippen LogP contribution >= 0.6 is 11.8 Å². The molecule has 0 amide bonds. The average molecular weight is 317 g/mol. The lowest BCUT2D eigenvalue weighted by atomic mass is 9.91. The number of rotatable bonds is 4. The summed E-state index contributed by atoms with van der Waals surface area (Å²) in [5.74, 6) is 0.620. The summed E-state index contributed by atoms with van der Waals surface area (Å²) in [6.07, 6.45) is 0.0689. The van der Waals surface area contributed by atoms with Gasteiger partial charge in [-0.1, -0.05) is 25.8 Å². The molecule has 0 radical (unpaired) electrons. The first kappa shape index (κ1) is 16.7. The van der Waals surface area contributed by atoms with Crippen LogP contribution in [0.25, 0.3) is 0 Å². The van der Waals surface area contributed by atoms with Crippen LogP contribution in [-0.2, 0) is 12.7 Å². The van der Waals surface area contributed by atoms with Crippen LogP contribution in [0.2, 0.25) is 0 Å². The van der Waals surface area contributed by atoms with Gasteiger partial charge in [-0.15, -0.1) is 11.8 Å². The van der Waals surface area contributed by atoms with Gasteiger partial charge in [-0.25, -0.2) is 0 Å². The first-order valence-corrected chi connectivity index (χ1v) is 8.29. The molecule has 1 aliphatic rings. The van der Waals surface area contributed by atoms with Gasteiger partial charge < -0.3 is 5.32 Å². The van der Waals surface area contributed by atoms with Crippen molar-refractivity contribution in [1.29, 1.82) is 0 Å². The minimum atomic E-state index is -4.29. The fourth-order valence-corrected chi connectivity index (χ4v) is 4.40. The van der Waals surface area contributed by atoms with Gasteiger partial charge in [0.2, 0.25) is 0 Å². The number of halogens is 3. The van der Waals surface area contributed by atoms with E-state index in [1.54, 1.807) is 19.2 Å². The van der Waals surface area contributed by atoms with Crippen molar-refractivity contribution < 1.29 is 13.2 Å². The molecule has 0 aromatic heterocycles. The van der Waals surface area contributed by atoms with Crippen molar-refractivity contribution in [2.45, 2.75) is 55.5 Å². The van der Waals surface area contributed by atoms with Crippen molar-refractivity contribution in [2.24, 2.45) is 5.92 Å². The maximum Gasteiger partial charge on any atom is 0.417 e. The fourth-order valence-electron chi connectivity index (χ4n) is 2.88. The summed E-state index contributed by atoms with van der Waals surface area (Å²) in [6, 6.07) is 4.71. The topological polar surface area (TPSA) is 12.0 Å². The van der Waals surface area contributed by atoms with E-state index in [4.69, 9.17) is 0 Å². The number of alkyl halides is 3. The standard InChI is InChI=1S/C16H22F3NS/c1-11-4-3-5-13(8-11)21-15-7-6-12(10-20-2)9-14(15)16(17,18)19/h6-7,9,11,13,20H,3-5,8,10H2,1-2H3. The van der Waals surface area contributed by atoms with Crippen molar-refractivity contribution in [2.75, 3.05) is 7.05 Å². The third-order valence-electron chi connectivity index (χ3n) is 3.91. The van der Waals surface area contributed by atoms with Gasteiger partial charge in [-0.05, 0) is 43.5 Å². The molecule has 118 valence electrons. The molecule has 0 aliphatic heterocycles. The number of hydrogen-bond donors (Lipinski definition) is 1. The average Bonchev–Trinajstić information content (AvgIpc) is 2.39.